The summed E-state index contributed by atoms with van der Waals surface area (Å²) in [7, 11) is -1.59. The van der Waals surface area contributed by atoms with E-state index in [-0.39, 0.29) is 0 Å². The minimum atomic E-state index is -1.59. The van der Waals surface area contributed by atoms with Gasteiger partial charge in [0.25, 0.3) is 5.91 Å². The van der Waals surface area contributed by atoms with E-state index in [1.54, 1.807) is 36.7 Å². The van der Waals surface area contributed by atoms with Gasteiger partial charge in [0.1, 0.15) is 11.5 Å². The van der Waals surface area contributed by atoms with Gasteiger partial charge in [-0.15, -0.1) is 0 Å². The number of aromatic nitrogens is 2. The van der Waals surface area contributed by atoms with Crippen molar-refractivity contribution in [2.24, 2.45) is 0 Å². The number of benzene rings is 2. The molecule has 132 valence electrons. The molecule has 2 aromatic carbocycles. The molecule has 1 unspecified atom stereocenters. The van der Waals surface area contributed by atoms with Gasteiger partial charge in [-0.25, -0.2) is 8.89 Å². The molecule has 1 aliphatic heterocycles. The lowest BCUT2D eigenvalue weighted by Crippen LogP contribution is -2.17. The lowest BCUT2D eigenvalue weighted by molar-refractivity contribution is -0.114. The molecule has 0 saturated heterocycles. The predicted octanol–water partition coefficient (Wildman–Crippen LogP) is 2.81. The molecule has 1 aliphatic rings. The Morgan fingerprint density at radius 3 is 2.30 bits per heavy atom. The van der Waals surface area contributed by atoms with Crippen LogP contribution in [-0.4, -0.2) is 19.9 Å². The molecule has 1 amide bonds. The van der Waals surface area contributed by atoms with Crippen molar-refractivity contribution in [2.45, 2.75) is 0 Å². The third kappa shape index (κ3) is 3.49. The molecular formula is C19H12N4O3S. The summed E-state index contributed by atoms with van der Waals surface area (Å²) in [4.78, 5) is 11.3. The van der Waals surface area contributed by atoms with Gasteiger partial charge in [0.15, 0.2) is 16.0 Å². The van der Waals surface area contributed by atoms with Crippen molar-refractivity contribution in [1.29, 1.82) is 5.26 Å². The third-order valence-corrected chi connectivity index (χ3v) is 4.92. The van der Waals surface area contributed by atoms with Crippen LogP contribution < -0.4 is 9.46 Å². The quantitative estimate of drug-likeness (QED) is 0.755. The van der Waals surface area contributed by atoms with E-state index in [2.05, 4.69) is 15.9 Å². The molecule has 7 nitrogen and oxygen atoms in total. The fourth-order valence-electron chi connectivity index (χ4n) is 2.53. The van der Waals surface area contributed by atoms with Crippen LogP contribution in [0.5, 0.6) is 11.5 Å². The van der Waals surface area contributed by atoms with Crippen molar-refractivity contribution in [3.05, 3.63) is 72.6 Å². The topological polar surface area (TPSA) is 97.0 Å². The van der Waals surface area contributed by atoms with Crippen molar-refractivity contribution in [3.8, 4) is 28.7 Å². The number of rotatable bonds is 4. The number of amides is 1. The second-order valence-corrected chi connectivity index (χ2v) is 6.81. The van der Waals surface area contributed by atoms with Gasteiger partial charge < -0.3 is 4.74 Å². The molecule has 2 heterocycles. The summed E-state index contributed by atoms with van der Waals surface area (Å²) in [5.41, 5.74) is 2.29. The predicted molar refractivity (Wildman–Crippen MR) is 99.5 cm³/mol. The zero-order valence-electron chi connectivity index (χ0n) is 13.8. The zero-order valence-corrected chi connectivity index (χ0v) is 14.6. The monoisotopic (exact) mass is 376 g/mol. The van der Waals surface area contributed by atoms with Crippen LogP contribution >= 0.6 is 0 Å². The Morgan fingerprint density at radius 2 is 1.70 bits per heavy atom. The maximum atomic E-state index is 11.8. The van der Waals surface area contributed by atoms with E-state index in [0.29, 0.717) is 22.1 Å². The summed E-state index contributed by atoms with van der Waals surface area (Å²) < 4.78 is 21.3. The van der Waals surface area contributed by atoms with Gasteiger partial charge >= 0.3 is 0 Å². The number of nitrogens with zero attached hydrogens (tertiary/aromatic N) is 3. The molecule has 3 aromatic rings. The van der Waals surface area contributed by atoms with Gasteiger partial charge in [0, 0.05) is 17.8 Å². The Bertz CT molecular complexity index is 1110. The number of nitriles is 1. The highest BCUT2D eigenvalue weighted by atomic mass is 32.2. The first kappa shape index (κ1) is 16.8. The first-order valence-corrected chi connectivity index (χ1v) is 9.05. The number of nitrogens with one attached hydrogen (secondary N) is 1. The summed E-state index contributed by atoms with van der Waals surface area (Å²) in [5, 5.41) is 13.3. The Hall–Kier alpha value is -3.70. The second-order valence-electron chi connectivity index (χ2n) is 5.65. The molecule has 1 N–H and O–H groups in total. The van der Waals surface area contributed by atoms with Crippen LogP contribution in [0.2, 0.25) is 0 Å². The van der Waals surface area contributed by atoms with Crippen LogP contribution in [0.1, 0.15) is 5.56 Å². The fourth-order valence-corrected chi connectivity index (χ4v) is 3.36. The number of hydrogen-bond acceptors (Lipinski definition) is 5. The third-order valence-electron chi connectivity index (χ3n) is 3.85. The van der Waals surface area contributed by atoms with Crippen LogP contribution in [0.25, 0.3) is 16.2 Å². The average molecular weight is 376 g/mol. The molecule has 0 aliphatic carbocycles. The minimum Gasteiger partial charge on any atom is -0.457 e. The minimum absolute atomic E-state index is 0.298. The van der Waals surface area contributed by atoms with E-state index >= 15 is 0 Å². The van der Waals surface area contributed by atoms with E-state index in [9.17, 15) is 9.00 Å². The molecule has 0 bridgehead atoms. The first-order chi connectivity index (χ1) is 13.1. The van der Waals surface area contributed by atoms with E-state index in [1.165, 1.54) is 10.8 Å². The van der Waals surface area contributed by atoms with Crippen LogP contribution in [0.15, 0.2) is 67.0 Å². The summed E-state index contributed by atoms with van der Waals surface area (Å²) >= 11 is 0. The molecule has 0 saturated carbocycles. The highest BCUT2D eigenvalue weighted by Crippen LogP contribution is 2.26. The van der Waals surface area contributed by atoms with E-state index in [1.807, 2.05) is 24.3 Å². The smallest absolute Gasteiger partial charge is 0.258 e. The van der Waals surface area contributed by atoms with Crippen molar-refractivity contribution in [1.82, 2.24) is 14.5 Å². The molecule has 8 heteroatoms. The first-order valence-electron chi connectivity index (χ1n) is 7.90. The van der Waals surface area contributed by atoms with Crippen molar-refractivity contribution < 1.29 is 13.7 Å². The number of carbonyl (C=O) groups excluding carboxylic acids is 1. The molecule has 1 aromatic heterocycles. The normalized spacial score (nSPS) is 15.7. The SMILES string of the molecule is N#Cc1ccc(Oc2ccc(-c3cnn(C4=CC(=O)NS4=O)c3)cc2)cc1. The molecule has 0 fully saturated rings. The highest BCUT2D eigenvalue weighted by molar-refractivity contribution is 7.93. The Kier molecular flexibility index (Phi) is 4.28. The van der Waals surface area contributed by atoms with E-state index in [4.69, 9.17) is 10.00 Å². The van der Waals surface area contributed by atoms with Gasteiger partial charge in [0.2, 0.25) is 0 Å². The maximum Gasteiger partial charge on any atom is 0.258 e. The molecule has 27 heavy (non-hydrogen) atoms. The molecular weight excluding hydrogens is 364 g/mol. The molecule has 4 rings (SSSR count). The molecule has 0 radical (unpaired) electrons. The van der Waals surface area contributed by atoms with Crippen LogP contribution in [-0.2, 0) is 15.8 Å². The van der Waals surface area contributed by atoms with Gasteiger partial charge in [-0.3, -0.25) is 9.52 Å². The Balaban J connectivity index is 1.51. The van der Waals surface area contributed by atoms with Gasteiger partial charge in [-0.2, -0.15) is 10.4 Å². The number of carbonyl (C=O) groups is 1. The van der Waals surface area contributed by atoms with Gasteiger partial charge in [-0.1, -0.05) is 12.1 Å². The molecule has 1 atom stereocenters. The summed E-state index contributed by atoms with van der Waals surface area (Å²) in [6.07, 6.45) is 4.61. The summed E-state index contributed by atoms with van der Waals surface area (Å²) in [5.74, 6) is 0.900. The van der Waals surface area contributed by atoms with Crippen molar-refractivity contribution in [2.75, 3.05) is 0 Å². The number of hydrogen-bond donors (Lipinski definition) is 1. The lowest BCUT2D eigenvalue weighted by atomic mass is 10.1. The van der Waals surface area contributed by atoms with Crippen LogP contribution in [0.4, 0.5) is 0 Å². The Labute approximate surface area is 157 Å². The van der Waals surface area contributed by atoms with Crippen LogP contribution in [0.3, 0.4) is 0 Å². The maximum absolute atomic E-state index is 11.8. The standard InChI is InChI=1S/C19H12N4O3S/c20-10-13-1-5-16(6-2-13)26-17-7-3-14(4-8-17)15-11-21-23(12-15)19-9-18(24)22-27(19)25/h1-9,11-12H,(H,22,24). The van der Waals surface area contributed by atoms with Crippen molar-refractivity contribution in [3.63, 3.8) is 0 Å². The largest absolute Gasteiger partial charge is 0.457 e. The Morgan fingerprint density at radius 1 is 1.04 bits per heavy atom. The van der Waals surface area contributed by atoms with Gasteiger partial charge in [-0.05, 0) is 42.0 Å². The van der Waals surface area contributed by atoms with Crippen LogP contribution in [0, 0.1) is 11.3 Å². The lowest BCUT2D eigenvalue weighted by Gasteiger charge is -2.06. The summed E-state index contributed by atoms with van der Waals surface area (Å²) in [6.45, 7) is 0. The van der Waals surface area contributed by atoms with Crippen molar-refractivity contribution >= 4 is 21.9 Å². The zero-order chi connectivity index (χ0) is 18.8. The van der Waals surface area contributed by atoms with E-state index < -0.39 is 16.9 Å². The average Bonchev–Trinajstić information content (AvgIpc) is 3.29. The second kappa shape index (κ2) is 6.90. The highest BCUT2D eigenvalue weighted by Gasteiger charge is 2.21. The van der Waals surface area contributed by atoms with Gasteiger partial charge in [0.05, 0.1) is 17.8 Å². The fraction of sp³-hybridized carbons (Fsp3) is 0. The number of ether oxygens (including phenoxy) is 1. The summed E-state index contributed by atoms with van der Waals surface area (Å²) in [6, 6.07) is 16.3. The molecule has 0 spiro atoms. The van der Waals surface area contributed by atoms with E-state index in [0.717, 1.165) is 11.1 Å².